The van der Waals surface area contributed by atoms with E-state index in [0.717, 1.165) is 31.7 Å². The zero-order chi connectivity index (χ0) is 14.2. The van der Waals surface area contributed by atoms with E-state index in [4.69, 9.17) is 10.5 Å². The number of nitrogen functional groups attached to an aromatic ring is 1. The monoisotopic (exact) mass is 276 g/mol. The standard InChI is InChI=1S/C17H28N2O/c1-2-12-20-17-9-5-11-19(14-17)10-4-7-15-6-3-8-16(18)13-15/h3,6,8,13,17H,2,4-5,7,9-12,14,18H2,1H3. The molecule has 0 saturated carbocycles. The maximum absolute atomic E-state index is 5.88. The van der Waals surface area contributed by atoms with Crippen LogP contribution in [0.15, 0.2) is 24.3 Å². The number of benzene rings is 1. The van der Waals surface area contributed by atoms with Gasteiger partial charge in [0.25, 0.3) is 0 Å². The summed E-state index contributed by atoms with van der Waals surface area (Å²) in [4.78, 5) is 2.55. The number of rotatable bonds is 7. The molecule has 1 aliphatic rings. The Labute approximate surface area is 123 Å². The zero-order valence-corrected chi connectivity index (χ0v) is 12.7. The number of hydrogen-bond acceptors (Lipinski definition) is 3. The molecule has 1 aromatic rings. The molecule has 1 atom stereocenters. The number of piperidine rings is 1. The van der Waals surface area contributed by atoms with E-state index in [9.17, 15) is 0 Å². The molecule has 1 fully saturated rings. The molecule has 1 heterocycles. The summed E-state index contributed by atoms with van der Waals surface area (Å²) in [5.74, 6) is 0. The summed E-state index contributed by atoms with van der Waals surface area (Å²) in [7, 11) is 0. The molecule has 112 valence electrons. The van der Waals surface area contributed by atoms with Gasteiger partial charge in [-0.25, -0.2) is 0 Å². The largest absolute Gasteiger partial charge is 0.399 e. The predicted octanol–water partition coefficient (Wildman–Crippen LogP) is 3.09. The molecule has 1 aliphatic heterocycles. The number of anilines is 1. The molecule has 0 amide bonds. The Morgan fingerprint density at radius 2 is 2.30 bits per heavy atom. The van der Waals surface area contributed by atoms with Crippen molar-refractivity contribution < 1.29 is 4.74 Å². The van der Waals surface area contributed by atoms with Crippen LogP contribution in [0.2, 0.25) is 0 Å². The van der Waals surface area contributed by atoms with Crippen molar-refractivity contribution in [1.29, 1.82) is 0 Å². The minimum atomic E-state index is 0.455. The Kier molecular flexibility index (Phi) is 6.34. The van der Waals surface area contributed by atoms with Crippen LogP contribution in [0.3, 0.4) is 0 Å². The second-order valence-electron chi connectivity index (χ2n) is 5.78. The van der Waals surface area contributed by atoms with Crippen molar-refractivity contribution in [3.63, 3.8) is 0 Å². The fourth-order valence-electron chi connectivity index (χ4n) is 2.89. The number of aryl methyl sites for hydroxylation is 1. The second-order valence-corrected chi connectivity index (χ2v) is 5.78. The molecule has 1 aromatic carbocycles. The topological polar surface area (TPSA) is 38.5 Å². The van der Waals surface area contributed by atoms with Crippen LogP contribution >= 0.6 is 0 Å². The van der Waals surface area contributed by atoms with Gasteiger partial charge >= 0.3 is 0 Å². The Balaban J connectivity index is 1.68. The normalized spacial score (nSPS) is 20.1. The van der Waals surface area contributed by atoms with Gasteiger partial charge in [0.05, 0.1) is 6.10 Å². The average Bonchev–Trinajstić information content (AvgIpc) is 2.46. The van der Waals surface area contributed by atoms with E-state index in [1.54, 1.807) is 0 Å². The lowest BCUT2D eigenvalue weighted by molar-refractivity contribution is -0.000189. The van der Waals surface area contributed by atoms with Gasteiger partial charge in [-0.1, -0.05) is 19.1 Å². The summed E-state index contributed by atoms with van der Waals surface area (Å²) >= 11 is 0. The van der Waals surface area contributed by atoms with E-state index in [1.165, 1.54) is 37.9 Å². The first-order valence-electron chi connectivity index (χ1n) is 7.96. The lowest BCUT2D eigenvalue weighted by Crippen LogP contribution is -2.40. The van der Waals surface area contributed by atoms with E-state index in [2.05, 4.69) is 24.0 Å². The Morgan fingerprint density at radius 3 is 3.10 bits per heavy atom. The summed E-state index contributed by atoms with van der Waals surface area (Å²) in [6, 6.07) is 8.24. The Hall–Kier alpha value is -1.06. The molecule has 3 nitrogen and oxygen atoms in total. The molecule has 0 bridgehead atoms. The van der Waals surface area contributed by atoms with Crippen LogP contribution in [0.1, 0.15) is 38.2 Å². The van der Waals surface area contributed by atoms with Crippen molar-refractivity contribution in [3.05, 3.63) is 29.8 Å². The molecule has 0 radical (unpaired) electrons. The van der Waals surface area contributed by atoms with Gasteiger partial charge in [-0.05, 0) is 62.9 Å². The van der Waals surface area contributed by atoms with Crippen molar-refractivity contribution in [1.82, 2.24) is 4.90 Å². The maximum atomic E-state index is 5.88. The van der Waals surface area contributed by atoms with Crippen molar-refractivity contribution in [3.8, 4) is 0 Å². The fraction of sp³-hybridized carbons (Fsp3) is 0.647. The fourth-order valence-corrected chi connectivity index (χ4v) is 2.89. The molecular formula is C17H28N2O. The van der Waals surface area contributed by atoms with E-state index in [1.807, 2.05) is 12.1 Å². The highest BCUT2D eigenvalue weighted by atomic mass is 16.5. The van der Waals surface area contributed by atoms with E-state index in [-0.39, 0.29) is 0 Å². The van der Waals surface area contributed by atoms with Crippen LogP contribution in [0.25, 0.3) is 0 Å². The van der Waals surface area contributed by atoms with E-state index < -0.39 is 0 Å². The predicted molar refractivity (Wildman–Crippen MR) is 84.9 cm³/mol. The lowest BCUT2D eigenvalue weighted by atomic mass is 10.1. The van der Waals surface area contributed by atoms with E-state index in [0.29, 0.717) is 6.10 Å². The highest BCUT2D eigenvalue weighted by molar-refractivity contribution is 5.40. The minimum Gasteiger partial charge on any atom is -0.399 e. The summed E-state index contributed by atoms with van der Waals surface area (Å²) < 4.78 is 5.88. The summed E-state index contributed by atoms with van der Waals surface area (Å²) in [5.41, 5.74) is 8.03. The Morgan fingerprint density at radius 1 is 1.40 bits per heavy atom. The molecule has 1 unspecified atom stereocenters. The molecular weight excluding hydrogens is 248 g/mol. The molecule has 20 heavy (non-hydrogen) atoms. The van der Waals surface area contributed by atoms with Crippen molar-refractivity contribution in [2.75, 3.05) is 32.0 Å². The third-order valence-corrected chi connectivity index (χ3v) is 3.91. The number of likely N-dealkylation sites (tertiary alicyclic amines) is 1. The van der Waals surface area contributed by atoms with Gasteiger partial charge in [0.2, 0.25) is 0 Å². The minimum absolute atomic E-state index is 0.455. The molecule has 0 aliphatic carbocycles. The SMILES string of the molecule is CCCOC1CCCN(CCCc2cccc(N)c2)C1. The smallest absolute Gasteiger partial charge is 0.0702 e. The van der Waals surface area contributed by atoms with Crippen LogP contribution in [0, 0.1) is 0 Å². The summed E-state index contributed by atoms with van der Waals surface area (Å²) in [5, 5.41) is 0. The van der Waals surface area contributed by atoms with Crippen LogP contribution in [-0.2, 0) is 11.2 Å². The number of nitrogens with zero attached hydrogens (tertiary/aromatic N) is 1. The van der Waals surface area contributed by atoms with Crippen molar-refractivity contribution in [2.45, 2.75) is 45.1 Å². The molecule has 0 aromatic heterocycles. The first-order valence-corrected chi connectivity index (χ1v) is 7.96. The van der Waals surface area contributed by atoms with Crippen LogP contribution in [-0.4, -0.2) is 37.2 Å². The quantitative estimate of drug-likeness (QED) is 0.778. The first-order chi connectivity index (χ1) is 9.78. The van der Waals surface area contributed by atoms with Gasteiger partial charge in [-0.15, -0.1) is 0 Å². The van der Waals surface area contributed by atoms with Crippen LogP contribution in [0.5, 0.6) is 0 Å². The molecule has 3 heteroatoms. The molecule has 2 rings (SSSR count). The zero-order valence-electron chi connectivity index (χ0n) is 12.7. The van der Waals surface area contributed by atoms with Crippen molar-refractivity contribution >= 4 is 5.69 Å². The van der Waals surface area contributed by atoms with Gasteiger partial charge in [0.15, 0.2) is 0 Å². The third kappa shape index (κ3) is 5.14. The molecule has 1 saturated heterocycles. The molecule has 2 N–H and O–H groups in total. The van der Waals surface area contributed by atoms with Gasteiger partial charge in [0, 0.05) is 18.8 Å². The lowest BCUT2D eigenvalue weighted by Gasteiger charge is -2.32. The number of hydrogen-bond donors (Lipinski definition) is 1. The highest BCUT2D eigenvalue weighted by Crippen LogP contribution is 2.15. The van der Waals surface area contributed by atoms with E-state index >= 15 is 0 Å². The molecule has 0 spiro atoms. The van der Waals surface area contributed by atoms with Gasteiger partial charge in [-0.2, -0.15) is 0 Å². The Bertz CT molecular complexity index is 394. The van der Waals surface area contributed by atoms with Crippen molar-refractivity contribution in [2.24, 2.45) is 0 Å². The van der Waals surface area contributed by atoms with Gasteiger partial charge in [0.1, 0.15) is 0 Å². The summed E-state index contributed by atoms with van der Waals surface area (Å²) in [6.45, 7) is 6.58. The summed E-state index contributed by atoms with van der Waals surface area (Å²) in [6.07, 6.45) is 6.38. The second kappa shape index (κ2) is 8.28. The van der Waals surface area contributed by atoms with Gasteiger partial charge < -0.3 is 15.4 Å². The first kappa shape index (κ1) is 15.3. The highest BCUT2D eigenvalue weighted by Gasteiger charge is 2.19. The third-order valence-electron chi connectivity index (χ3n) is 3.91. The average molecular weight is 276 g/mol. The van der Waals surface area contributed by atoms with Crippen LogP contribution in [0.4, 0.5) is 5.69 Å². The maximum Gasteiger partial charge on any atom is 0.0702 e. The number of ether oxygens (including phenoxy) is 1. The number of nitrogens with two attached hydrogens (primary N) is 1. The van der Waals surface area contributed by atoms with Gasteiger partial charge in [-0.3, -0.25) is 0 Å². The van der Waals surface area contributed by atoms with Crippen LogP contribution < -0.4 is 5.73 Å².